The van der Waals surface area contributed by atoms with Gasteiger partial charge in [-0.25, -0.2) is 4.39 Å². The molecule has 0 spiro atoms. The fourth-order valence-corrected chi connectivity index (χ4v) is 4.47. The van der Waals surface area contributed by atoms with E-state index in [0.29, 0.717) is 31.0 Å². The number of carbonyl (C=O) groups is 1. The molecule has 24 heavy (non-hydrogen) atoms. The first-order valence-corrected chi connectivity index (χ1v) is 8.92. The average molecular weight is 353 g/mol. The molecule has 5 heteroatoms. The normalized spacial score (nSPS) is 29.6. The van der Waals surface area contributed by atoms with Crippen LogP contribution in [-0.2, 0) is 10.2 Å². The molecular weight excluding hydrogens is 327 g/mol. The average Bonchev–Trinajstić information content (AvgIpc) is 3.25. The molecule has 2 heterocycles. The summed E-state index contributed by atoms with van der Waals surface area (Å²) in [6.07, 6.45) is 7.66. The molecule has 0 aromatic heterocycles. The summed E-state index contributed by atoms with van der Waals surface area (Å²) in [7, 11) is 0. The maximum absolute atomic E-state index is 13.1. The standard InChI is InChI=1S/C19H25FN2O.ClH/c20-15-3-1-14(2-4-15)19(7-8-19)12-21-18(23)11-13-9-16-5-6-17(10-13)22-16;/h1-4,13,16-17,22H,5-12H2,(H,21,23);1H. The van der Waals surface area contributed by atoms with Gasteiger partial charge in [0.15, 0.2) is 0 Å². The summed E-state index contributed by atoms with van der Waals surface area (Å²) >= 11 is 0. The number of amides is 1. The molecular formula is C19H26ClFN2O. The minimum absolute atomic E-state index is 0. The molecule has 2 N–H and O–H groups in total. The van der Waals surface area contributed by atoms with Crippen LogP contribution in [0.3, 0.4) is 0 Å². The van der Waals surface area contributed by atoms with Gasteiger partial charge < -0.3 is 10.6 Å². The van der Waals surface area contributed by atoms with Crippen LogP contribution in [0, 0.1) is 11.7 Å². The van der Waals surface area contributed by atoms with Gasteiger partial charge in [-0.05, 0) is 62.1 Å². The van der Waals surface area contributed by atoms with E-state index in [1.54, 1.807) is 0 Å². The third-order valence-electron chi connectivity index (χ3n) is 5.98. The molecule has 3 fully saturated rings. The van der Waals surface area contributed by atoms with Crippen molar-refractivity contribution in [1.82, 2.24) is 10.6 Å². The van der Waals surface area contributed by atoms with Gasteiger partial charge in [0.1, 0.15) is 5.82 Å². The highest BCUT2D eigenvalue weighted by atomic mass is 35.5. The first-order chi connectivity index (χ1) is 11.1. The second-order valence-corrected chi connectivity index (χ2v) is 7.74. The van der Waals surface area contributed by atoms with Crippen molar-refractivity contribution in [1.29, 1.82) is 0 Å². The molecule has 1 saturated carbocycles. The summed E-state index contributed by atoms with van der Waals surface area (Å²) in [5.74, 6) is 0.522. The Labute approximate surface area is 149 Å². The number of benzene rings is 1. The van der Waals surface area contributed by atoms with E-state index < -0.39 is 0 Å². The number of hydrogen-bond acceptors (Lipinski definition) is 2. The number of carbonyl (C=O) groups excluding carboxylic acids is 1. The molecule has 2 bridgehead atoms. The molecule has 1 amide bonds. The lowest BCUT2D eigenvalue weighted by atomic mass is 9.89. The highest BCUT2D eigenvalue weighted by Gasteiger charge is 2.44. The lowest BCUT2D eigenvalue weighted by Crippen LogP contribution is -2.40. The Bertz CT molecular complexity index is 576. The van der Waals surface area contributed by atoms with Crippen molar-refractivity contribution in [3.63, 3.8) is 0 Å². The summed E-state index contributed by atoms with van der Waals surface area (Å²) < 4.78 is 13.1. The second kappa shape index (κ2) is 7.01. The molecule has 2 unspecified atom stereocenters. The Kier molecular flexibility index (Phi) is 5.16. The van der Waals surface area contributed by atoms with Crippen molar-refractivity contribution >= 4 is 18.3 Å². The predicted octanol–water partition coefficient (Wildman–Crippen LogP) is 3.32. The largest absolute Gasteiger partial charge is 0.355 e. The van der Waals surface area contributed by atoms with Crippen LogP contribution in [0.4, 0.5) is 4.39 Å². The number of fused-ring (bicyclic) bond motifs is 2. The highest BCUT2D eigenvalue weighted by Crippen LogP contribution is 2.47. The van der Waals surface area contributed by atoms with Crippen LogP contribution < -0.4 is 10.6 Å². The molecule has 1 aromatic rings. The zero-order valence-electron chi connectivity index (χ0n) is 13.9. The summed E-state index contributed by atoms with van der Waals surface area (Å²) in [5.41, 5.74) is 1.20. The van der Waals surface area contributed by atoms with Crippen LogP contribution in [0.2, 0.25) is 0 Å². The van der Waals surface area contributed by atoms with Crippen LogP contribution >= 0.6 is 12.4 Å². The van der Waals surface area contributed by atoms with E-state index >= 15 is 0 Å². The minimum atomic E-state index is -0.200. The Hall–Kier alpha value is -1.13. The fraction of sp³-hybridized carbons (Fsp3) is 0.632. The highest BCUT2D eigenvalue weighted by molar-refractivity contribution is 5.85. The van der Waals surface area contributed by atoms with E-state index in [2.05, 4.69) is 10.6 Å². The monoisotopic (exact) mass is 352 g/mol. The van der Waals surface area contributed by atoms with Gasteiger partial charge in [0, 0.05) is 30.5 Å². The lowest BCUT2D eigenvalue weighted by Gasteiger charge is -2.28. The van der Waals surface area contributed by atoms with Crippen molar-refractivity contribution in [2.45, 2.75) is 62.4 Å². The number of hydrogen-bond donors (Lipinski definition) is 2. The van der Waals surface area contributed by atoms with Gasteiger partial charge in [-0.15, -0.1) is 12.4 Å². The van der Waals surface area contributed by atoms with Gasteiger partial charge in [0.25, 0.3) is 0 Å². The van der Waals surface area contributed by atoms with E-state index in [1.807, 2.05) is 12.1 Å². The van der Waals surface area contributed by atoms with Crippen LogP contribution in [0.1, 0.15) is 50.5 Å². The van der Waals surface area contributed by atoms with Crippen LogP contribution in [0.5, 0.6) is 0 Å². The molecule has 2 saturated heterocycles. The van der Waals surface area contributed by atoms with Crippen LogP contribution in [0.15, 0.2) is 24.3 Å². The maximum Gasteiger partial charge on any atom is 0.220 e. The first kappa shape index (κ1) is 17.7. The van der Waals surface area contributed by atoms with Gasteiger partial charge in [-0.2, -0.15) is 0 Å². The fourth-order valence-electron chi connectivity index (χ4n) is 4.47. The van der Waals surface area contributed by atoms with Crippen molar-refractivity contribution in [3.8, 4) is 0 Å². The number of halogens is 2. The molecule has 2 atom stereocenters. The van der Waals surface area contributed by atoms with Gasteiger partial charge in [-0.3, -0.25) is 4.79 Å². The van der Waals surface area contributed by atoms with Crippen molar-refractivity contribution in [2.24, 2.45) is 5.92 Å². The van der Waals surface area contributed by atoms with Crippen molar-refractivity contribution in [3.05, 3.63) is 35.6 Å². The molecule has 2 aliphatic heterocycles. The summed E-state index contributed by atoms with van der Waals surface area (Å²) in [6.45, 7) is 0.690. The zero-order chi connectivity index (χ0) is 15.9. The minimum Gasteiger partial charge on any atom is -0.355 e. The summed E-state index contributed by atoms with van der Waals surface area (Å²) in [6, 6.07) is 8.03. The Morgan fingerprint density at radius 1 is 1.17 bits per heavy atom. The number of nitrogens with one attached hydrogen (secondary N) is 2. The van der Waals surface area contributed by atoms with E-state index in [4.69, 9.17) is 0 Å². The van der Waals surface area contributed by atoms with Gasteiger partial charge >= 0.3 is 0 Å². The summed E-state index contributed by atoms with van der Waals surface area (Å²) in [5, 5.41) is 6.77. The molecule has 132 valence electrons. The Morgan fingerprint density at radius 2 is 1.79 bits per heavy atom. The van der Waals surface area contributed by atoms with Crippen LogP contribution in [0.25, 0.3) is 0 Å². The predicted molar refractivity (Wildman–Crippen MR) is 94.9 cm³/mol. The quantitative estimate of drug-likeness (QED) is 0.853. The second-order valence-electron chi connectivity index (χ2n) is 7.74. The first-order valence-electron chi connectivity index (χ1n) is 8.92. The van der Waals surface area contributed by atoms with E-state index in [0.717, 1.165) is 31.2 Å². The molecule has 3 aliphatic rings. The maximum atomic E-state index is 13.1. The molecule has 3 nitrogen and oxygen atoms in total. The zero-order valence-corrected chi connectivity index (χ0v) is 14.7. The number of piperidine rings is 1. The Balaban J connectivity index is 0.00000169. The number of rotatable bonds is 5. The molecule has 1 aromatic carbocycles. The summed E-state index contributed by atoms with van der Waals surface area (Å²) in [4.78, 5) is 12.3. The van der Waals surface area contributed by atoms with Gasteiger partial charge in [0.2, 0.25) is 5.91 Å². The third kappa shape index (κ3) is 3.75. The lowest BCUT2D eigenvalue weighted by molar-refractivity contribution is -0.122. The smallest absolute Gasteiger partial charge is 0.220 e. The van der Waals surface area contributed by atoms with E-state index in [1.165, 1.54) is 25.0 Å². The van der Waals surface area contributed by atoms with E-state index in [9.17, 15) is 9.18 Å². The Morgan fingerprint density at radius 3 is 2.38 bits per heavy atom. The SMILES string of the molecule is Cl.O=C(CC1CC2CCC(C1)N2)NCC1(c2ccc(F)cc2)CC1. The third-order valence-corrected chi connectivity index (χ3v) is 5.98. The topological polar surface area (TPSA) is 41.1 Å². The van der Waals surface area contributed by atoms with Gasteiger partial charge in [-0.1, -0.05) is 12.1 Å². The van der Waals surface area contributed by atoms with Crippen LogP contribution in [-0.4, -0.2) is 24.5 Å². The van der Waals surface area contributed by atoms with E-state index in [-0.39, 0.29) is 29.5 Å². The molecule has 1 aliphatic carbocycles. The molecule has 0 radical (unpaired) electrons. The molecule has 4 rings (SSSR count). The van der Waals surface area contributed by atoms with Crippen molar-refractivity contribution in [2.75, 3.05) is 6.54 Å². The van der Waals surface area contributed by atoms with Gasteiger partial charge in [0.05, 0.1) is 0 Å². The van der Waals surface area contributed by atoms with Crippen molar-refractivity contribution < 1.29 is 9.18 Å².